The first-order valence-electron chi connectivity index (χ1n) is 6.72. The predicted octanol–water partition coefficient (Wildman–Crippen LogP) is 3.33. The van der Waals surface area contributed by atoms with E-state index in [1.165, 1.54) is 28.7 Å². The maximum absolute atomic E-state index is 11.0. The fourth-order valence-electron chi connectivity index (χ4n) is 2.20. The van der Waals surface area contributed by atoms with E-state index in [0.29, 0.717) is 0 Å². The van der Waals surface area contributed by atoms with E-state index in [1.54, 1.807) is 0 Å². The lowest BCUT2D eigenvalue weighted by Crippen LogP contribution is -2.17. The third-order valence-corrected chi connectivity index (χ3v) is 5.00. The van der Waals surface area contributed by atoms with Crippen molar-refractivity contribution in [3.63, 3.8) is 0 Å². The Balaban J connectivity index is 1.99. The van der Waals surface area contributed by atoms with Crippen molar-refractivity contribution in [1.82, 2.24) is 9.38 Å². The van der Waals surface area contributed by atoms with Gasteiger partial charge in [0.25, 0.3) is 0 Å². The van der Waals surface area contributed by atoms with E-state index >= 15 is 0 Å². The molecule has 5 nitrogen and oxygen atoms in total. The molecule has 0 saturated carbocycles. The fourth-order valence-corrected chi connectivity index (χ4v) is 3.96. The van der Waals surface area contributed by atoms with Gasteiger partial charge in [-0.3, -0.25) is 9.20 Å². The molecule has 3 aromatic rings. The molecule has 1 atom stereocenters. The molecular formula is C15H15N3O2S2. The summed E-state index contributed by atoms with van der Waals surface area (Å²) < 4.78 is 1.88. The maximum Gasteiger partial charge on any atom is 0.305 e. The molecule has 2 aromatic heterocycles. The largest absolute Gasteiger partial charge is 0.481 e. The average Bonchev–Trinajstić information content (AvgIpc) is 3.00. The van der Waals surface area contributed by atoms with Crippen LogP contribution in [0.15, 0.2) is 45.8 Å². The summed E-state index contributed by atoms with van der Waals surface area (Å²) in [6.45, 7) is 2.04. The number of aryl methyl sites for hydroxylation is 1. The highest BCUT2D eigenvalue weighted by Crippen LogP contribution is 2.35. The number of carboxylic acids is 1. The summed E-state index contributed by atoms with van der Waals surface area (Å²) in [5.74, 6) is -0.913. The average molecular weight is 333 g/mol. The zero-order chi connectivity index (χ0) is 15.7. The first-order chi connectivity index (χ1) is 10.5. The van der Waals surface area contributed by atoms with Crippen molar-refractivity contribution in [2.24, 2.45) is 5.73 Å². The summed E-state index contributed by atoms with van der Waals surface area (Å²) in [4.78, 5) is 17.4. The number of thiazole rings is 1. The molecule has 0 amide bonds. The lowest BCUT2D eigenvalue weighted by Gasteiger charge is -2.10. The quantitative estimate of drug-likeness (QED) is 0.748. The molecule has 0 fully saturated rings. The van der Waals surface area contributed by atoms with Gasteiger partial charge in [0, 0.05) is 16.5 Å². The topological polar surface area (TPSA) is 80.6 Å². The number of aliphatic carboxylic acids is 1. The van der Waals surface area contributed by atoms with E-state index in [9.17, 15) is 4.79 Å². The predicted molar refractivity (Wildman–Crippen MR) is 87.6 cm³/mol. The first kappa shape index (κ1) is 15.1. The van der Waals surface area contributed by atoms with Crippen molar-refractivity contribution >= 4 is 34.0 Å². The van der Waals surface area contributed by atoms with Crippen molar-refractivity contribution in [2.45, 2.75) is 29.3 Å². The Bertz CT molecular complexity index is 808. The van der Waals surface area contributed by atoms with Crippen LogP contribution in [-0.4, -0.2) is 20.5 Å². The van der Waals surface area contributed by atoms with Gasteiger partial charge in [-0.15, -0.1) is 11.3 Å². The molecular weight excluding hydrogens is 318 g/mol. The number of carbonyl (C=O) groups is 1. The highest BCUT2D eigenvalue weighted by molar-refractivity contribution is 7.99. The van der Waals surface area contributed by atoms with Crippen LogP contribution >= 0.6 is 23.1 Å². The molecule has 0 aliphatic heterocycles. The second kappa shape index (κ2) is 6.12. The van der Waals surface area contributed by atoms with E-state index in [1.807, 2.05) is 47.2 Å². The number of aromatic nitrogens is 2. The number of carboxylic acid groups (broad SMARTS) is 1. The number of nitrogens with two attached hydrogens (primary N) is 1. The van der Waals surface area contributed by atoms with Crippen LogP contribution in [0.2, 0.25) is 0 Å². The molecule has 7 heteroatoms. The minimum atomic E-state index is -0.913. The molecule has 0 aliphatic rings. The molecule has 3 N–H and O–H groups in total. The van der Waals surface area contributed by atoms with Gasteiger partial charge in [0.2, 0.25) is 0 Å². The van der Waals surface area contributed by atoms with Crippen LogP contribution in [-0.2, 0) is 4.79 Å². The number of hydrogen-bond donors (Lipinski definition) is 2. The van der Waals surface area contributed by atoms with Crippen LogP contribution in [0, 0.1) is 6.92 Å². The number of benzene rings is 1. The zero-order valence-electron chi connectivity index (χ0n) is 11.9. The molecule has 0 saturated heterocycles. The van der Waals surface area contributed by atoms with E-state index < -0.39 is 12.0 Å². The Hall–Kier alpha value is -1.83. The minimum absolute atomic E-state index is 0.120. The Kier molecular flexibility index (Phi) is 4.19. The third-order valence-electron chi connectivity index (χ3n) is 3.25. The second-order valence-corrected chi connectivity index (χ2v) is 6.91. The van der Waals surface area contributed by atoms with Crippen LogP contribution < -0.4 is 5.73 Å². The van der Waals surface area contributed by atoms with Gasteiger partial charge < -0.3 is 10.8 Å². The Morgan fingerprint density at radius 3 is 2.86 bits per heavy atom. The second-order valence-electron chi connectivity index (χ2n) is 4.98. The monoisotopic (exact) mass is 333 g/mol. The van der Waals surface area contributed by atoms with Gasteiger partial charge >= 0.3 is 5.97 Å². The van der Waals surface area contributed by atoms with Crippen molar-refractivity contribution in [1.29, 1.82) is 0 Å². The van der Waals surface area contributed by atoms with Crippen molar-refractivity contribution in [3.05, 3.63) is 47.1 Å². The molecule has 0 aliphatic carbocycles. The molecule has 0 radical (unpaired) electrons. The Morgan fingerprint density at radius 1 is 1.45 bits per heavy atom. The number of rotatable bonds is 5. The smallest absolute Gasteiger partial charge is 0.305 e. The van der Waals surface area contributed by atoms with Crippen molar-refractivity contribution in [3.8, 4) is 0 Å². The van der Waals surface area contributed by atoms with Crippen molar-refractivity contribution < 1.29 is 9.90 Å². The summed E-state index contributed by atoms with van der Waals surface area (Å²) in [6, 6.07) is 7.55. The van der Waals surface area contributed by atoms with E-state index in [-0.39, 0.29) is 6.42 Å². The molecule has 1 aromatic carbocycles. The molecule has 22 heavy (non-hydrogen) atoms. The van der Waals surface area contributed by atoms with E-state index in [4.69, 9.17) is 10.8 Å². The molecule has 3 rings (SSSR count). The summed E-state index contributed by atoms with van der Waals surface area (Å²) in [5.41, 5.74) is 8.04. The van der Waals surface area contributed by atoms with Crippen LogP contribution in [0.1, 0.15) is 23.7 Å². The summed E-state index contributed by atoms with van der Waals surface area (Å²) in [5, 5.41) is 11.7. The zero-order valence-corrected chi connectivity index (χ0v) is 13.5. The van der Waals surface area contributed by atoms with E-state index in [2.05, 4.69) is 4.98 Å². The first-order valence-corrected chi connectivity index (χ1v) is 8.41. The van der Waals surface area contributed by atoms with E-state index in [0.717, 1.165) is 20.6 Å². The van der Waals surface area contributed by atoms with Gasteiger partial charge in [-0.2, -0.15) is 0 Å². The highest BCUT2D eigenvalue weighted by atomic mass is 32.2. The molecule has 2 heterocycles. The number of nitrogens with zero attached hydrogens (tertiary/aromatic N) is 2. The summed E-state index contributed by atoms with van der Waals surface area (Å²) in [7, 11) is 0. The van der Waals surface area contributed by atoms with Gasteiger partial charge in [0.05, 0.1) is 18.2 Å². The third kappa shape index (κ3) is 3.01. The van der Waals surface area contributed by atoms with Crippen LogP contribution in [0.5, 0.6) is 0 Å². The molecule has 0 bridgehead atoms. The molecule has 114 valence electrons. The van der Waals surface area contributed by atoms with Crippen LogP contribution in [0.4, 0.5) is 0 Å². The maximum atomic E-state index is 11.0. The van der Waals surface area contributed by atoms with Gasteiger partial charge in [-0.25, -0.2) is 4.98 Å². The lowest BCUT2D eigenvalue weighted by atomic mass is 10.1. The summed E-state index contributed by atoms with van der Waals surface area (Å²) in [6.07, 6.45) is 1.76. The van der Waals surface area contributed by atoms with Crippen molar-refractivity contribution in [2.75, 3.05) is 0 Å². The standard InChI is InChI=1S/C15H15N3O2S2/c1-9-2-4-10(5-3-9)22-14-13(11(16)8-12(19)20)18-6-7-21-15(18)17-14/h2-7,11H,8,16H2,1H3,(H,19,20). The molecule has 0 spiro atoms. The van der Waals surface area contributed by atoms with Gasteiger partial charge in [0.1, 0.15) is 5.03 Å². The van der Waals surface area contributed by atoms with Gasteiger partial charge in [-0.1, -0.05) is 29.5 Å². The fraction of sp³-hybridized carbons (Fsp3) is 0.200. The van der Waals surface area contributed by atoms with Crippen LogP contribution in [0.25, 0.3) is 4.96 Å². The SMILES string of the molecule is Cc1ccc(Sc2nc3sccn3c2C(N)CC(=O)O)cc1. The molecule has 1 unspecified atom stereocenters. The number of imidazole rings is 1. The highest BCUT2D eigenvalue weighted by Gasteiger charge is 2.22. The van der Waals surface area contributed by atoms with Gasteiger partial charge in [0.15, 0.2) is 4.96 Å². The number of hydrogen-bond acceptors (Lipinski definition) is 5. The summed E-state index contributed by atoms with van der Waals surface area (Å²) >= 11 is 3.02. The number of fused-ring (bicyclic) bond motifs is 1. The van der Waals surface area contributed by atoms with Crippen LogP contribution in [0.3, 0.4) is 0 Å². The normalized spacial score (nSPS) is 12.6. The Labute approximate surface area is 135 Å². The minimum Gasteiger partial charge on any atom is -0.481 e. The van der Waals surface area contributed by atoms with Gasteiger partial charge in [-0.05, 0) is 19.1 Å². The Morgan fingerprint density at radius 2 is 2.18 bits per heavy atom. The lowest BCUT2D eigenvalue weighted by molar-refractivity contribution is -0.137.